The summed E-state index contributed by atoms with van der Waals surface area (Å²) in [4.78, 5) is 18.1. The van der Waals surface area contributed by atoms with Crippen LogP contribution in [-0.4, -0.2) is 17.9 Å². The van der Waals surface area contributed by atoms with Crippen molar-refractivity contribution < 1.29 is 9.18 Å². The van der Waals surface area contributed by atoms with Crippen LogP contribution in [0.15, 0.2) is 54.7 Å². The van der Waals surface area contributed by atoms with Crippen molar-refractivity contribution in [1.82, 2.24) is 4.98 Å². The molecule has 0 radical (unpaired) electrons. The molecule has 5 heteroatoms. The first-order chi connectivity index (χ1) is 16.2. The van der Waals surface area contributed by atoms with Gasteiger partial charge in [-0.1, -0.05) is 54.9 Å². The minimum Gasteiger partial charge on any atom is -0.309 e. The largest absolute Gasteiger partial charge is 0.309 e. The van der Waals surface area contributed by atoms with Gasteiger partial charge in [0, 0.05) is 18.8 Å². The minimum absolute atomic E-state index is 0.197. The number of aromatic nitrogens is 1. The number of para-hydroxylation sites is 1. The van der Waals surface area contributed by atoms with Crippen molar-refractivity contribution in [1.29, 1.82) is 0 Å². The van der Waals surface area contributed by atoms with Crippen molar-refractivity contribution in [2.75, 3.05) is 11.9 Å². The maximum atomic E-state index is 14.0. The summed E-state index contributed by atoms with van der Waals surface area (Å²) in [5.41, 5.74) is 3.04. The number of amides is 1. The van der Waals surface area contributed by atoms with Gasteiger partial charge in [-0.25, -0.2) is 9.37 Å². The Morgan fingerprint density at radius 1 is 1.15 bits per heavy atom. The molecule has 3 nitrogen and oxygen atoms in total. The number of halogens is 2. The highest BCUT2D eigenvalue weighted by molar-refractivity contribution is 6.29. The van der Waals surface area contributed by atoms with Crippen LogP contribution in [0, 0.1) is 25.1 Å². The van der Waals surface area contributed by atoms with E-state index in [0.29, 0.717) is 10.7 Å². The van der Waals surface area contributed by atoms with Gasteiger partial charge in [0.25, 0.3) is 5.91 Å². The number of rotatable bonds is 3. The molecule has 1 aromatic heterocycles. The van der Waals surface area contributed by atoms with Crippen LogP contribution in [0.25, 0.3) is 12.2 Å². The van der Waals surface area contributed by atoms with E-state index in [4.69, 9.17) is 11.6 Å². The molecule has 178 valence electrons. The van der Waals surface area contributed by atoms with E-state index in [1.165, 1.54) is 11.0 Å². The van der Waals surface area contributed by atoms with E-state index in [-0.39, 0.29) is 11.6 Å². The van der Waals surface area contributed by atoms with E-state index in [9.17, 15) is 9.18 Å². The Balaban J connectivity index is 0.000000434. The van der Waals surface area contributed by atoms with Crippen LogP contribution in [0.5, 0.6) is 0 Å². The summed E-state index contributed by atoms with van der Waals surface area (Å²) in [5.74, 6) is 1.65. The Kier molecular flexibility index (Phi) is 12.3. The monoisotopic (exact) mass is 478 g/mol. The highest BCUT2D eigenvalue weighted by Gasteiger charge is 2.19. The smallest absolute Gasteiger partial charge is 0.258 e. The van der Waals surface area contributed by atoms with Gasteiger partial charge in [-0.05, 0) is 79.9 Å². The Bertz CT molecular complexity index is 1220. The molecule has 0 spiro atoms. The van der Waals surface area contributed by atoms with Crippen LogP contribution < -0.4 is 15.3 Å². The molecular weight excluding hydrogens is 447 g/mol. The second-order valence-corrected chi connectivity index (χ2v) is 7.68. The lowest BCUT2D eigenvalue weighted by Crippen LogP contribution is -2.34. The summed E-state index contributed by atoms with van der Waals surface area (Å²) >= 11 is 5.50. The van der Waals surface area contributed by atoms with Crippen LogP contribution in [0.2, 0.25) is 5.15 Å². The lowest BCUT2D eigenvalue weighted by molar-refractivity contribution is 0.0991. The summed E-state index contributed by atoms with van der Waals surface area (Å²) in [7, 11) is 1.61. The van der Waals surface area contributed by atoms with Gasteiger partial charge < -0.3 is 4.90 Å². The molecule has 3 aromatic rings. The number of carbonyl (C=O) groups is 1. The first-order valence-corrected chi connectivity index (χ1v) is 11.4. The maximum Gasteiger partial charge on any atom is 0.258 e. The van der Waals surface area contributed by atoms with Crippen molar-refractivity contribution in [2.45, 2.75) is 41.0 Å². The van der Waals surface area contributed by atoms with Gasteiger partial charge in [-0.15, -0.1) is 12.3 Å². The van der Waals surface area contributed by atoms with Crippen molar-refractivity contribution in [3.05, 3.63) is 92.8 Å². The fourth-order valence-corrected chi connectivity index (χ4v) is 3.43. The summed E-state index contributed by atoms with van der Waals surface area (Å²) in [6.45, 7) is 9.61. The third kappa shape index (κ3) is 7.86. The average Bonchev–Trinajstić information content (AvgIpc) is 2.85. The number of nitrogens with zero attached hydrogens (tertiary/aromatic N) is 2. The van der Waals surface area contributed by atoms with E-state index in [2.05, 4.69) is 17.3 Å². The molecule has 0 aliphatic carbocycles. The van der Waals surface area contributed by atoms with Gasteiger partial charge in [0.2, 0.25) is 0 Å². The molecule has 3 rings (SSSR count). The van der Waals surface area contributed by atoms with Crippen LogP contribution in [0.1, 0.15) is 49.2 Å². The van der Waals surface area contributed by atoms with Gasteiger partial charge in [0.15, 0.2) is 0 Å². The van der Waals surface area contributed by atoms with E-state index in [1.54, 1.807) is 44.4 Å². The molecule has 0 aliphatic rings. The highest BCUT2D eigenvalue weighted by atomic mass is 35.5. The molecule has 0 saturated carbocycles. The lowest BCUT2D eigenvalue weighted by Gasteiger charge is -2.20. The fraction of sp³-hybridized carbons (Fsp3) is 0.241. The average molecular weight is 479 g/mol. The van der Waals surface area contributed by atoms with E-state index in [1.807, 2.05) is 58.0 Å². The Morgan fingerprint density at radius 3 is 2.26 bits per heavy atom. The topological polar surface area (TPSA) is 33.2 Å². The molecule has 0 aliphatic heterocycles. The highest BCUT2D eigenvalue weighted by Crippen LogP contribution is 2.20. The molecule has 0 bridgehead atoms. The predicted molar refractivity (Wildman–Crippen MR) is 143 cm³/mol. The lowest BCUT2D eigenvalue weighted by atomic mass is 9.99. The number of benzene rings is 2. The van der Waals surface area contributed by atoms with Gasteiger partial charge in [-0.2, -0.15) is 0 Å². The molecule has 0 saturated heterocycles. The van der Waals surface area contributed by atoms with Gasteiger partial charge in [-0.3, -0.25) is 4.79 Å². The van der Waals surface area contributed by atoms with Crippen molar-refractivity contribution in [3.63, 3.8) is 0 Å². The van der Waals surface area contributed by atoms with Gasteiger partial charge in [0.1, 0.15) is 11.0 Å². The molecule has 2 aromatic carbocycles. The number of anilines is 1. The molecular formula is C29H32ClFN2O. The minimum atomic E-state index is -0.401. The zero-order valence-electron chi connectivity index (χ0n) is 20.7. The standard InChI is InChI=1S/C20H22FNO.C6H6ClN.C3H4/c1-5-14-12-13-17(16(7-3)15(14)6-2)20(23)22(4)19-11-9-8-10-18(19)21;1-5-2-3-6(7)8-4-5;1-3-2/h5-6,8-13H,7H2,1-4H3;2-4H,1H3;1H,2H3/b14-5-,15-6+;;. The Hall–Kier alpha value is -3.42. The van der Waals surface area contributed by atoms with Crippen molar-refractivity contribution in [2.24, 2.45) is 0 Å². The number of pyridine rings is 1. The summed E-state index contributed by atoms with van der Waals surface area (Å²) in [6.07, 6.45) is 11.1. The number of carbonyl (C=O) groups excluding carboxylic acids is 1. The summed E-state index contributed by atoms with van der Waals surface area (Å²) in [6, 6.07) is 13.8. The van der Waals surface area contributed by atoms with Crippen LogP contribution >= 0.6 is 11.6 Å². The van der Waals surface area contributed by atoms with Crippen molar-refractivity contribution >= 4 is 35.3 Å². The maximum absolute atomic E-state index is 14.0. The van der Waals surface area contributed by atoms with Gasteiger partial charge in [0.05, 0.1) is 5.69 Å². The van der Waals surface area contributed by atoms with Crippen LogP contribution in [0.4, 0.5) is 10.1 Å². The van der Waals surface area contributed by atoms with E-state index >= 15 is 0 Å². The van der Waals surface area contributed by atoms with Crippen molar-refractivity contribution in [3.8, 4) is 12.3 Å². The Labute approximate surface area is 207 Å². The normalized spacial score (nSPS) is 10.9. The second kappa shape index (κ2) is 14.7. The first-order valence-electron chi connectivity index (χ1n) is 11.0. The first kappa shape index (κ1) is 28.6. The second-order valence-electron chi connectivity index (χ2n) is 7.29. The van der Waals surface area contributed by atoms with E-state index in [0.717, 1.165) is 28.0 Å². The number of terminal acetylenes is 1. The van der Waals surface area contributed by atoms with Gasteiger partial charge >= 0.3 is 0 Å². The molecule has 34 heavy (non-hydrogen) atoms. The summed E-state index contributed by atoms with van der Waals surface area (Å²) < 4.78 is 14.0. The molecule has 0 atom stereocenters. The third-order valence-electron chi connectivity index (χ3n) is 4.97. The fourth-order valence-electron chi connectivity index (χ4n) is 3.32. The number of aryl methyl sites for hydroxylation is 1. The predicted octanol–water partition coefficient (Wildman–Crippen LogP) is 5.95. The van der Waals surface area contributed by atoms with E-state index < -0.39 is 5.82 Å². The molecule has 0 unspecified atom stereocenters. The van der Waals surface area contributed by atoms with Crippen LogP contribution in [0.3, 0.4) is 0 Å². The number of hydrogen-bond acceptors (Lipinski definition) is 2. The molecule has 1 heterocycles. The molecule has 0 N–H and O–H groups in total. The third-order valence-corrected chi connectivity index (χ3v) is 5.19. The summed E-state index contributed by atoms with van der Waals surface area (Å²) in [5, 5.41) is 2.73. The zero-order valence-corrected chi connectivity index (χ0v) is 21.4. The molecule has 0 fully saturated rings. The van der Waals surface area contributed by atoms with Crippen LogP contribution in [-0.2, 0) is 6.42 Å². The SMILES string of the molecule is C#CC.C/C=c1/ccc(C(=O)N(C)c2ccccc2F)c(CC)/c1=C/C.Cc1ccc(Cl)nc1. The quantitative estimate of drug-likeness (QED) is 0.344. The number of hydrogen-bond donors (Lipinski definition) is 0. The molecule has 1 amide bonds. The Morgan fingerprint density at radius 2 is 1.79 bits per heavy atom. The zero-order chi connectivity index (χ0) is 25.7.